The molecule has 11 heteroatoms. The molecule has 2 aliphatic rings. The molecule has 3 heterocycles. The predicted molar refractivity (Wildman–Crippen MR) is 190 cm³/mol. The maximum Gasteiger partial charge on any atom is 0.242 e. The zero-order valence-electron chi connectivity index (χ0n) is 27.5. The standard InChI is InChI=1S/C35H49N9O2.CH4/c1-4-43-19-16-36-34(45)30(14-5-6-17-42(2)3)41-35(46)31-15-9-18-44(31)24-27-11-8-13-29(21-27)40-33-22-32(37-25-38-33)39-28-12-7-10-26(20-28)23-43;/h7-8,10-13,20-22,25,30-31H,4-6,9,14-19,23-24H2,1-3H3,(H,36,45)(H,41,46)(H2,37,38,39,40);1H4/t30-,31-;/m0./s1. The highest BCUT2D eigenvalue weighted by Crippen LogP contribution is 2.24. The lowest BCUT2D eigenvalue weighted by Crippen LogP contribution is -2.52. The minimum absolute atomic E-state index is 0. The van der Waals surface area contributed by atoms with E-state index in [0.29, 0.717) is 37.7 Å². The number of unbranched alkanes of at least 4 members (excludes halogenated alkanes) is 1. The number of carbonyl (C=O) groups excluding carboxylic acids is 2. The molecular weight excluding hydrogens is 590 g/mol. The number of hydrogen-bond donors (Lipinski definition) is 4. The van der Waals surface area contributed by atoms with E-state index in [1.807, 2.05) is 30.3 Å². The van der Waals surface area contributed by atoms with Crippen molar-refractivity contribution in [2.45, 2.75) is 71.6 Å². The third-order valence-electron chi connectivity index (χ3n) is 8.68. The Bertz CT molecular complexity index is 1450. The van der Waals surface area contributed by atoms with Crippen molar-refractivity contribution in [2.75, 3.05) is 57.5 Å². The second-order valence-corrected chi connectivity index (χ2v) is 12.6. The summed E-state index contributed by atoms with van der Waals surface area (Å²) in [6.45, 7) is 7.37. The van der Waals surface area contributed by atoms with Gasteiger partial charge in [-0.25, -0.2) is 9.97 Å². The van der Waals surface area contributed by atoms with Gasteiger partial charge in [0.2, 0.25) is 11.8 Å². The van der Waals surface area contributed by atoms with Crippen LogP contribution in [0.1, 0.15) is 57.6 Å². The number of carbonyl (C=O) groups is 2. The summed E-state index contributed by atoms with van der Waals surface area (Å²) in [4.78, 5) is 42.7. The number of fused-ring (bicyclic) bond motifs is 7. The van der Waals surface area contributed by atoms with Gasteiger partial charge in [-0.15, -0.1) is 0 Å². The lowest BCUT2D eigenvalue weighted by Gasteiger charge is -2.27. The smallest absolute Gasteiger partial charge is 0.242 e. The van der Waals surface area contributed by atoms with Crippen molar-refractivity contribution in [1.82, 2.24) is 35.3 Å². The molecule has 4 N–H and O–H groups in total. The van der Waals surface area contributed by atoms with Gasteiger partial charge in [-0.3, -0.25) is 19.4 Å². The molecule has 11 nitrogen and oxygen atoms in total. The van der Waals surface area contributed by atoms with E-state index in [2.05, 4.69) is 91.2 Å². The van der Waals surface area contributed by atoms with Gasteiger partial charge in [0, 0.05) is 43.6 Å². The van der Waals surface area contributed by atoms with E-state index < -0.39 is 6.04 Å². The molecule has 2 aliphatic heterocycles. The predicted octanol–water partition coefficient (Wildman–Crippen LogP) is 4.73. The summed E-state index contributed by atoms with van der Waals surface area (Å²) in [7, 11) is 4.11. The summed E-state index contributed by atoms with van der Waals surface area (Å²) in [6.07, 6.45) is 5.73. The summed E-state index contributed by atoms with van der Waals surface area (Å²) in [5, 5.41) is 13.1. The van der Waals surface area contributed by atoms with Crippen LogP contribution in [0.25, 0.3) is 0 Å². The number of hydrogen-bond acceptors (Lipinski definition) is 9. The van der Waals surface area contributed by atoms with Gasteiger partial charge in [0.1, 0.15) is 24.0 Å². The molecule has 1 aromatic heterocycles. The summed E-state index contributed by atoms with van der Waals surface area (Å²) >= 11 is 0. The minimum Gasteiger partial charge on any atom is -0.353 e. The van der Waals surface area contributed by atoms with Gasteiger partial charge in [-0.05, 0) is 101 Å². The molecule has 47 heavy (non-hydrogen) atoms. The van der Waals surface area contributed by atoms with Gasteiger partial charge in [0.05, 0.1) is 6.04 Å². The Morgan fingerprint density at radius 2 is 1.55 bits per heavy atom. The highest BCUT2D eigenvalue weighted by atomic mass is 16.2. The number of nitrogens with one attached hydrogen (secondary N) is 4. The third kappa shape index (κ3) is 10.7. The van der Waals surface area contributed by atoms with E-state index in [0.717, 1.165) is 74.4 Å². The fourth-order valence-corrected chi connectivity index (χ4v) is 6.21. The molecule has 0 spiro atoms. The molecule has 0 unspecified atom stereocenters. The molecule has 5 rings (SSSR count). The number of rotatable bonds is 6. The minimum atomic E-state index is -0.555. The number of amides is 2. The number of likely N-dealkylation sites (N-methyl/N-ethyl adjacent to an activating group) is 1. The Kier molecular flexibility index (Phi) is 13.5. The highest BCUT2D eigenvalue weighted by Gasteiger charge is 2.33. The molecular formula is C36H53N9O2. The Labute approximate surface area is 280 Å². The summed E-state index contributed by atoms with van der Waals surface area (Å²) in [5.41, 5.74) is 4.12. The van der Waals surface area contributed by atoms with Crippen molar-refractivity contribution in [3.05, 3.63) is 72.1 Å². The highest BCUT2D eigenvalue weighted by molar-refractivity contribution is 5.90. The largest absolute Gasteiger partial charge is 0.353 e. The first-order valence-electron chi connectivity index (χ1n) is 16.6. The van der Waals surface area contributed by atoms with Crippen molar-refractivity contribution in [1.29, 1.82) is 0 Å². The zero-order chi connectivity index (χ0) is 32.3. The van der Waals surface area contributed by atoms with Crippen LogP contribution in [0.3, 0.4) is 0 Å². The first-order chi connectivity index (χ1) is 22.4. The third-order valence-corrected chi connectivity index (χ3v) is 8.68. The molecule has 0 aliphatic carbocycles. The molecule has 254 valence electrons. The van der Waals surface area contributed by atoms with Crippen LogP contribution in [0.5, 0.6) is 0 Å². The number of nitrogens with zero attached hydrogens (tertiary/aromatic N) is 5. The maximum absolute atomic E-state index is 13.7. The van der Waals surface area contributed by atoms with Gasteiger partial charge in [-0.1, -0.05) is 38.6 Å². The molecule has 2 aromatic carbocycles. The Morgan fingerprint density at radius 1 is 0.872 bits per heavy atom. The molecule has 2 amide bonds. The van der Waals surface area contributed by atoms with Crippen LogP contribution >= 0.6 is 0 Å². The van der Waals surface area contributed by atoms with Gasteiger partial charge < -0.3 is 26.2 Å². The normalized spacial score (nSPS) is 19.8. The van der Waals surface area contributed by atoms with Crippen LogP contribution in [0.15, 0.2) is 60.9 Å². The van der Waals surface area contributed by atoms with Crippen molar-refractivity contribution in [3.63, 3.8) is 0 Å². The summed E-state index contributed by atoms with van der Waals surface area (Å²) < 4.78 is 0. The topological polar surface area (TPSA) is 118 Å². The second kappa shape index (κ2) is 17.7. The first kappa shape index (κ1) is 35.8. The Hall–Kier alpha value is -4.06. The summed E-state index contributed by atoms with van der Waals surface area (Å²) in [5.74, 6) is 1.22. The quantitative estimate of drug-likeness (QED) is 0.283. The van der Waals surface area contributed by atoms with Gasteiger partial charge in [-0.2, -0.15) is 0 Å². The van der Waals surface area contributed by atoms with Crippen LogP contribution in [0.2, 0.25) is 0 Å². The lowest BCUT2D eigenvalue weighted by atomic mass is 10.1. The van der Waals surface area contributed by atoms with Crippen LogP contribution in [-0.2, 0) is 22.7 Å². The van der Waals surface area contributed by atoms with E-state index in [-0.39, 0.29) is 25.3 Å². The van der Waals surface area contributed by atoms with Gasteiger partial charge >= 0.3 is 0 Å². The molecule has 1 fully saturated rings. The van der Waals surface area contributed by atoms with E-state index in [9.17, 15) is 9.59 Å². The molecule has 2 atom stereocenters. The van der Waals surface area contributed by atoms with Crippen molar-refractivity contribution in [3.8, 4) is 0 Å². The van der Waals surface area contributed by atoms with E-state index in [4.69, 9.17) is 0 Å². The average Bonchev–Trinajstić information content (AvgIpc) is 3.50. The van der Waals surface area contributed by atoms with Crippen LogP contribution in [0.4, 0.5) is 23.0 Å². The first-order valence-corrected chi connectivity index (χ1v) is 16.6. The molecule has 6 bridgehead atoms. The summed E-state index contributed by atoms with van der Waals surface area (Å²) in [6, 6.07) is 17.6. The number of anilines is 4. The molecule has 3 aromatic rings. The van der Waals surface area contributed by atoms with E-state index in [1.165, 1.54) is 0 Å². The lowest BCUT2D eigenvalue weighted by molar-refractivity contribution is -0.131. The monoisotopic (exact) mass is 643 g/mol. The number of benzene rings is 2. The Morgan fingerprint density at radius 3 is 2.21 bits per heavy atom. The maximum atomic E-state index is 13.7. The fraction of sp³-hybridized carbons (Fsp3) is 0.500. The van der Waals surface area contributed by atoms with Crippen molar-refractivity contribution in [2.24, 2.45) is 0 Å². The average molecular weight is 644 g/mol. The second-order valence-electron chi connectivity index (χ2n) is 12.6. The van der Waals surface area contributed by atoms with Crippen LogP contribution in [-0.4, -0.2) is 95.4 Å². The van der Waals surface area contributed by atoms with Crippen LogP contribution < -0.4 is 21.3 Å². The SMILES string of the molecule is C.CCN1CCNC(=O)[C@H](CCCCN(C)C)NC(=O)[C@@H]2CCCN2Cc2cccc(c2)Nc2cc(ncn2)Nc2cccc(c2)C1. The van der Waals surface area contributed by atoms with E-state index >= 15 is 0 Å². The molecule has 0 radical (unpaired) electrons. The molecule has 1 saturated heterocycles. The Balaban J connectivity index is 0.00000500. The van der Waals surface area contributed by atoms with Crippen molar-refractivity contribution < 1.29 is 9.59 Å². The van der Waals surface area contributed by atoms with Crippen molar-refractivity contribution >= 4 is 34.8 Å². The van der Waals surface area contributed by atoms with Crippen LogP contribution in [0, 0.1) is 0 Å². The zero-order valence-corrected chi connectivity index (χ0v) is 27.5. The van der Waals surface area contributed by atoms with Gasteiger partial charge in [0.25, 0.3) is 0 Å². The molecule has 0 saturated carbocycles. The fourth-order valence-electron chi connectivity index (χ4n) is 6.21. The number of aromatic nitrogens is 2. The van der Waals surface area contributed by atoms with E-state index in [1.54, 1.807) is 6.33 Å². The van der Waals surface area contributed by atoms with Gasteiger partial charge in [0.15, 0.2) is 0 Å².